The minimum absolute atomic E-state index is 0.293. The summed E-state index contributed by atoms with van der Waals surface area (Å²) in [7, 11) is 2.48. The van der Waals surface area contributed by atoms with Crippen LogP contribution in [0.1, 0.15) is 20.7 Å². The third-order valence-corrected chi connectivity index (χ3v) is 4.18. The van der Waals surface area contributed by atoms with Gasteiger partial charge in [-0.2, -0.15) is 0 Å². The molecule has 144 valence electrons. The zero-order valence-corrected chi connectivity index (χ0v) is 14.9. The predicted octanol–water partition coefficient (Wildman–Crippen LogP) is -0.188. The van der Waals surface area contributed by atoms with Crippen molar-refractivity contribution in [1.82, 2.24) is 9.13 Å². The maximum Gasteiger partial charge on any atom is 0.351 e. The van der Waals surface area contributed by atoms with Crippen LogP contribution in [0.15, 0.2) is 49.1 Å². The Morgan fingerprint density at radius 2 is 1.79 bits per heavy atom. The molecule has 28 heavy (non-hydrogen) atoms. The molecule has 3 aromatic rings. The van der Waals surface area contributed by atoms with E-state index in [9.17, 15) is 24.0 Å². The van der Waals surface area contributed by atoms with Crippen LogP contribution in [0.5, 0.6) is 0 Å². The first kappa shape index (κ1) is 18.8. The van der Waals surface area contributed by atoms with E-state index < -0.39 is 46.4 Å². The highest BCUT2D eigenvalue weighted by Crippen LogP contribution is 2.13. The van der Waals surface area contributed by atoms with Crippen LogP contribution in [0.2, 0.25) is 0 Å². The maximum absolute atomic E-state index is 12.3. The second-order valence-electron chi connectivity index (χ2n) is 5.95. The lowest BCUT2D eigenvalue weighted by atomic mass is 10.2. The standard InChI is InChI=1S/C18H15N3O7/c1-20-14(19)13(15(23)21(2)18(20)26)11(22)8-27-16(24)10-7-9-5-3-4-6-12(9)28-17(10)25/h3-7H,8,19H2,1-2H3. The smallest absolute Gasteiger partial charge is 0.351 e. The van der Waals surface area contributed by atoms with Gasteiger partial charge >= 0.3 is 17.3 Å². The van der Waals surface area contributed by atoms with Crippen molar-refractivity contribution in [2.45, 2.75) is 0 Å². The number of fused-ring (bicyclic) bond motifs is 1. The molecule has 2 aromatic heterocycles. The highest BCUT2D eigenvalue weighted by molar-refractivity contribution is 6.02. The van der Waals surface area contributed by atoms with Crippen molar-refractivity contribution >= 4 is 28.5 Å². The van der Waals surface area contributed by atoms with Gasteiger partial charge in [-0.05, 0) is 12.1 Å². The van der Waals surface area contributed by atoms with E-state index >= 15 is 0 Å². The first-order valence-electron chi connectivity index (χ1n) is 8.01. The number of hydrogen-bond donors (Lipinski definition) is 1. The zero-order valence-electron chi connectivity index (χ0n) is 14.9. The number of nitrogens with zero attached hydrogens (tertiary/aromatic N) is 2. The van der Waals surface area contributed by atoms with Gasteiger partial charge in [-0.3, -0.25) is 18.7 Å². The fourth-order valence-electron chi connectivity index (χ4n) is 2.61. The van der Waals surface area contributed by atoms with Gasteiger partial charge in [-0.25, -0.2) is 14.4 Å². The van der Waals surface area contributed by atoms with Crippen LogP contribution in [0.25, 0.3) is 11.0 Å². The number of ether oxygens (including phenoxy) is 1. The van der Waals surface area contributed by atoms with E-state index in [2.05, 4.69) is 0 Å². The minimum atomic E-state index is -1.09. The van der Waals surface area contributed by atoms with Gasteiger partial charge in [0.25, 0.3) is 5.56 Å². The lowest BCUT2D eigenvalue weighted by Gasteiger charge is -2.10. The van der Waals surface area contributed by atoms with Crippen LogP contribution in [0, 0.1) is 0 Å². The largest absolute Gasteiger partial charge is 0.453 e. The van der Waals surface area contributed by atoms with E-state index in [-0.39, 0.29) is 5.82 Å². The van der Waals surface area contributed by atoms with Gasteiger partial charge in [0, 0.05) is 19.5 Å². The molecule has 0 saturated carbocycles. The molecule has 0 aliphatic heterocycles. The minimum Gasteiger partial charge on any atom is -0.453 e. The first-order valence-corrected chi connectivity index (χ1v) is 8.01. The zero-order chi connectivity index (χ0) is 20.6. The van der Waals surface area contributed by atoms with Crippen molar-refractivity contribution in [3.05, 3.63) is 72.7 Å². The summed E-state index contributed by atoms with van der Waals surface area (Å²) in [5, 5.41) is 0.497. The highest BCUT2D eigenvalue weighted by Gasteiger charge is 2.23. The molecule has 0 aliphatic carbocycles. The number of carbonyl (C=O) groups excluding carboxylic acids is 2. The summed E-state index contributed by atoms with van der Waals surface area (Å²) in [6, 6.07) is 7.84. The van der Waals surface area contributed by atoms with Crippen LogP contribution in [-0.2, 0) is 18.8 Å². The van der Waals surface area contributed by atoms with E-state index in [0.717, 1.165) is 4.57 Å². The average molecular weight is 385 g/mol. The Kier molecular flexibility index (Phi) is 4.70. The van der Waals surface area contributed by atoms with Gasteiger partial charge in [0.15, 0.2) is 6.61 Å². The Hall–Kier alpha value is -3.95. The maximum atomic E-state index is 12.3. The molecule has 10 heteroatoms. The van der Waals surface area contributed by atoms with Crippen molar-refractivity contribution in [3.8, 4) is 0 Å². The third kappa shape index (κ3) is 3.11. The number of para-hydroxylation sites is 1. The second-order valence-corrected chi connectivity index (χ2v) is 5.95. The van der Waals surface area contributed by atoms with Crippen molar-refractivity contribution in [1.29, 1.82) is 0 Å². The van der Waals surface area contributed by atoms with Crippen molar-refractivity contribution in [2.75, 3.05) is 12.3 Å². The van der Waals surface area contributed by atoms with Crippen molar-refractivity contribution < 1.29 is 18.7 Å². The van der Waals surface area contributed by atoms with E-state index in [4.69, 9.17) is 14.9 Å². The summed E-state index contributed by atoms with van der Waals surface area (Å²) in [6.07, 6.45) is 0. The Balaban J connectivity index is 1.87. The highest BCUT2D eigenvalue weighted by atomic mass is 16.5. The molecule has 0 aliphatic rings. The number of rotatable bonds is 4. The number of ketones is 1. The SMILES string of the molecule is Cn1c(N)c(C(=O)COC(=O)c2cc3ccccc3oc2=O)c(=O)n(C)c1=O. The summed E-state index contributed by atoms with van der Waals surface area (Å²) in [6.45, 7) is -0.845. The number of carbonyl (C=O) groups is 2. The average Bonchev–Trinajstić information content (AvgIpc) is 2.68. The van der Waals surface area contributed by atoms with Gasteiger partial charge in [0.2, 0.25) is 5.78 Å². The molecule has 0 radical (unpaired) electrons. The number of benzene rings is 1. The van der Waals surface area contributed by atoms with Crippen LogP contribution in [0.3, 0.4) is 0 Å². The first-order chi connectivity index (χ1) is 13.2. The van der Waals surface area contributed by atoms with Crippen molar-refractivity contribution in [3.63, 3.8) is 0 Å². The van der Waals surface area contributed by atoms with E-state index in [1.807, 2.05) is 0 Å². The van der Waals surface area contributed by atoms with E-state index in [1.54, 1.807) is 24.3 Å². The fourth-order valence-corrected chi connectivity index (χ4v) is 2.61. The molecular formula is C18H15N3O7. The number of Topliss-reactive ketones (excluding diaryl/α,β-unsaturated/α-hetero) is 1. The molecule has 10 nitrogen and oxygen atoms in total. The van der Waals surface area contributed by atoms with E-state index in [0.29, 0.717) is 15.5 Å². The Labute approximate surface area is 156 Å². The lowest BCUT2D eigenvalue weighted by molar-refractivity contribution is 0.0470. The molecule has 0 spiro atoms. The molecule has 0 fully saturated rings. The summed E-state index contributed by atoms with van der Waals surface area (Å²) in [4.78, 5) is 60.5. The summed E-state index contributed by atoms with van der Waals surface area (Å²) >= 11 is 0. The number of aromatic nitrogens is 2. The lowest BCUT2D eigenvalue weighted by Crippen LogP contribution is -2.42. The molecule has 3 rings (SSSR count). The molecule has 0 bridgehead atoms. The second kappa shape index (κ2) is 6.99. The quantitative estimate of drug-likeness (QED) is 0.370. The van der Waals surface area contributed by atoms with Gasteiger partial charge in [-0.15, -0.1) is 0 Å². The molecule has 1 aromatic carbocycles. The third-order valence-electron chi connectivity index (χ3n) is 4.18. The molecule has 2 N–H and O–H groups in total. The van der Waals surface area contributed by atoms with Crippen LogP contribution < -0.4 is 22.6 Å². The van der Waals surface area contributed by atoms with Crippen LogP contribution >= 0.6 is 0 Å². The number of nitrogens with two attached hydrogens (primary N) is 1. The summed E-state index contributed by atoms with van der Waals surface area (Å²) in [5.41, 5.74) is 2.56. The monoisotopic (exact) mass is 385 g/mol. The molecule has 2 heterocycles. The van der Waals surface area contributed by atoms with Crippen LogP contribution in [0.4, 0.5) is 5.82 Å². The number of nitrogen functional groups attached to an aromatic ring is 1. The van der Waals surface area contributed by atoms with E-state index in [1.165, 1.54) is 20.2 Å². The molecule has 0 atom stereocenters. The molecule has 0 amide bonds. The number of hydrogen-bond acceptors (Lipinski definition) is 8. The van der Waals surface area contributed by atoms with Gasteiger partial charge in [0.05, 0.1) is 0 Å². The van der Waals surface area contributed by atoms with Gasteiger partial charge < -0.3 is 14.9 Å². The normalized spacial score (nSPS) is 10.8. The number of anilines is 1. The Morgan fingerprint density at radius 3 is 2.50 bits per heavy atom. The topological polar surface area (TPSA) is 144 Å². The Bertz CT molecular complexity index is 1300. The molecular weight excluding hydrogens is 370 g/mol. The summed E-state index contributed by atoms with van der Waals surface area (Å²) < 4.78 is 11.5. The van der Waals surface area contributed by atoms with Crippen molar-refractivity contribution in [2.24, 2.45) is 14.1 Å². The predicted molar refractivity (Wildman–Crippen MR) is 98.4 cm³/mol. The molecule has 0 unspecified atom stereocenters. The van der Waals surface area contributed by atoms with Crippen LogP contribution in [-0.4, -0.2) is 27.5 Å². The molecule has 0 saturated heterocycles. The van der Waals surface area contributed by atoms with Gasteiger partial charge in [0.1, 0.15) is 22.5 Å². The Morgan fingerprint density at radius 1 is 1.11 bits per heavy atom. The van der Waals surface area contributed by atoms with Gasteiger partial charge in [-0.1, -0.05) is 18.2 Å². The summed E-state index contributed by atoms with van der Waals surface area (Å²) in [5.74, 6) is -2.35. The fraction of sp³-hybridized carbons (Fsp3) is 0.167. The number of esters is 1.